The second-order valence-electron chi connectivity index (χ2n) is 5.19. The second kappa shape index (κ2) is 5.98. The Morgan fingerprint density at radius 1 is 1.30 bits per heavy atom. The molecule has 0 aliphatic carbocycles. The molecule has 0 saturated carbocycles. The van der Waals surface area contributed by atoms with Crippen LogP contribution in [-0.2, 0) is 4.79 Å². The van der Waals surface area contributed by atoms with Crippen molar-refractivity contribution in [2.75, 3.05) is 31.4 Å². The molecule has 0 bridgehead atoms. The number of thiophene rings is 1. The molecule has 0 fully saturated rings. The number of amides is 1. The molecular weight excluding hydrogens is 334 g/mol. The Labute approximate surface area is 141 Å². The SMILES string of the molecule is COc1cc([C@H]2SCC(=O)Nc3ccsc32)cc2c1OCCO2. The fraction of sp³-hybridized carbons (Fsp3) is 0.312. The van der Waals surface area contributed by atoms with Gasteiger partial charge in [-0.05, 0) is 29.1 Å². The summed E-state index contributed by atoms with van der Waals surface area (Å²) in [7, 11) is 1.62. The van der Waals surface area contributed by atoms with E-state index >= 15 is 0 Å². The van der Waals surface area contributed by atoms with Crippen LogP contribution in [0.4, 0.5) is 5.69 Å². The fourth-order valence-electron chi connectivity index (χ4n) is 2.74. The molecule has 2 aromatic rings. The maximum atomic E-state index is 11.9. The van der Waals surface area contributed by atoms with Crippen LogP contribution in [0.5, 0.6) is 17.2 Å². The van der Waals surface area contributed by atoms with Gasteiger partial charge in [0.25, 0.3) is 0 Å². The number of thioether (sulfide) groups is 1. The van der Waals surface area contributed by atoms with Crippen molar-refractivity contribution in [3.63, 3.8) is 0 Å². The van der Waals surface area contributed by atoms with Crippen LogP contribution in [-0.4, -0.2) is 32.0 Å². The molecule has 5 nitrogen and oxygen atoms in total. The molecule has 0 unspecified atom stereocenters. The van der Waals surface area contributed by atoms with Gasteiger partial charge >= 0.3 is 0 Å². The maximum absolute atomic E-state index is 11.9. The molecule has 7 heteroatoms. The van der Waals surface area contributed by atoms with Gasteiger partial charge in [-0.15, -0.1) is 23.1 Å². The standard InChI is InChI=1S/C16H15NO4S2/c1-19-11-6-9(7-12-14(11)21-4-3-20-12)15-16-10(2-5-22-16)17-13(18)8-23-15/h2,5-7,15H,3-4,8H2,1H3,(H,17,18)/t15-/m1/s1. The van der Waals surface area contributed by atoms with Crippen LogP contribution < -0.4 is 19.5 Å². The van der Waals surface area contributed by atoms with Crippen LogP contribution >= 0.6 is 23.1 Å². The normalized spacial score (nSPS) is 19.5. The number of nitrogens with one attached hydrogen (secondary N) is 1. The van der Waals surface area contributed by atoms with Crippen LogP contribution in [0.15, 0.2) is 23.6 Å². The second-order valence-corrected chi connectivity index (χ2v) is 7.23. The van der Waals surface area contributed by atoms with Crippen molar-refractivity contribution in [1.29, 1.82) is 0 Å². The molecule has 3 heterocycles. The fourth-order valence-corrected chi connectivity index (χ4v) is 4.96. The Morgan fingerprint density at radius 3 is 3.04 bits per heavy atom. The van der Waals surface area contributed by atoms with E-state index in [4.69, 9.17) is 14.2 Å². The third-order valence-corrected chi connectivity index (χ3v) is 6.14. The van der Waals surface area contributed by atoms with Crippen LogP contribution in [0.2, 0.25) is 0 Å². The van der Waals surface area contributed by atoms with Gasteiger partial charge in [0, 0.05) is 4.88 Å². The highest BCUT2D eigenvalue weighted by Gasteiger charge is 2.28. The van der Waals surface area contributed by atoms with Crippen molar-refractivity contribution in [2.24, 2.45) is 0 Å². The van der Waals surface area contributed by atoms with Crippen LogP contribution in [0.25, 0.3) is 0 Å². The number of ether oxygens (including phenoxy) is 3. The van der Waals surface area contributed by atoms with E-state index in [2.05, 4.69) is 5.32 Å². The first kappa shape index (κ1) is 14.7. The van der Waals surface area contributed by atoms with E-state index in [-0.39, 0.29) is 11.2 Å². The summed E-state index contributed by atoms with van der Waals surface area (Å²) in [5.74, 6) is 2.47. The number of carbonyl (C=O) groups is 1. The zero-order valence-corrected chi connectivity index (χ0v) is 14.1. The first-order chi connectivity index (χ1) is 11.3. The Bertz CT molecular complexity index is 741. The number of methoxy groups -OCH3 is 1. The number of hydrogen-bond donors (Lipinski definition) is 1. The number of hydrogen-bond acceptors (Lipinski definition) is 6. The first-order valence-electron chi connectivity index (χ1n) is 7.22. The summed E-state index contributed by atoms with van der Waals surface area (Å²) in [6, 6.07) is 5.92. The first-order valence-corrected chi connectivity index (χ1v) is 9.15. The molecule has 1 atom stereocenters. The molecule has 120 valence electrons. The monoisotopic (exact) mass is 349 g/mol. The highest BCUT2D eigenvalue weighted by atomic mass is 32.2. The smallest absolute Gasteiger partial charge is 0.234 e. The minimum absolute atomic E-state index is 0.0293. The van der Waals surface area contributed by atoms with Crippen molar-refractivity contribution in [2.45, 2.75) is 5.25 Å². The highest BCUT2D eigenvalue weighted by Crippen LogP contribution is 2.49. The minimum Gasteiger partial charge on any atom is -0.493 e. The van der Waals surface area contributed by atoms with Gasteiger partial charge in [-0.2, -0.15) is 0 Å². The molecule has 2 aliphatic rings. The third kappa shape index (κ3) is 2.64. The highest BCUT2D eigenvalue weighted by molar-refractivity contribution is 8.00. The molecule has 23 heavy (non-hydrogen) atoms. The van der Waals surface area contributed by atoms with Gasteiger partial charge in [-0.1, -0.05) is 0 Å². The van der Waals surface area contributed by atoms with Gasteiger partial charge in [0.05, 0.1) is 23.8 Å². The van der Waals surface area contributed by atoms with E-state index in [9.17, 15) is 4.79 Å². The lowest BCUT2D eigenvalue weighted by Gasteiger charge is -2.23. The predicted molar refractivity (Wildman–Crippen MR) is 91.2 cm³/mol. The molecule has 2 aliphatic heterocycles. The van der Waals surface area contributed by atoms with Gasteiger partial charge in [-0.25, -0.2) is 0 Å². The number of benzene rings is 1. The van der Waals surface area contributed by atoms with Crippen LogP contribution in [0.1, 0.15) is 15.7 Å². The summed E-state index contributed by atoms with van der Waals surface area (Å²) in [4.78, 5) is 13.0. The van der Waals surface area contributed by atoms with E-state index in [0.717, 1.165) is 16.1 Å². The van der Waals surface area contributed by atoms with Crippen molar-refractivity contribution < 1.29 is 19.0 Å². The molecule has 0 spiro atoms. The van der Waals surface area contributed by atoms with Crippen LogP contribution in [0.3, 0.4) is 0 Å². The summed E-state index contributed by atoms with van der Waals surface area (Å²) in [6.07, 6.45) is 0. The van der Waals surface area contributed by atoms with Gasteiger partial charge in [0.15, 0.2) is 11.5 Å². The van der Waals surface area contributed by atoms with Gasteiger partial charge in [0.2, 0.25) is 11.7 Å². The molecule has 1 aromatic carbocycles. The average molecular weight is 349 g/mol. The maximum Gasteiger partial charge on any atom is 0.234 e. The van der Waals surface area contributed by atoms with E-state index in [0.29, 0.717) is 36.2 Å². The van der Waals surface area contributed by atoms with E-state index < -0.39 is 0 Å². The number of rotatable bonds is 2. The molecule has 4 rings (SSSR count). The zero-order chi connectivity index (χ0) is 15.8. The Kier molecular flexibility index (Phi) is 3.82. The molecule has 1 aromatic heterocycles. The van der Waals surface area contributed by atoms with E-state index in [1.165, 1.54) is 0 Å². The van der Waals surface area contributed by atoms with Gasteiger partial charge in [-0.3, -0.25) is 4.79 Å². The van der Waals surface area contributed by atoms with E-state index in [1.807, 2.05) is 23.6 Å². The number of anilines is 1. The van der Waals surface area contributed by atoms with Gasteiger partial charge in [0.1, 0.15) is 13.2 Å². The Balaban J connectivity index is 1.80. The largest absolute Gasteiger partial charge is 0.493 e. The Hall–Kier alpha value is -1.86. The zero-order valence-electron chi connectivity index (χ0n) is 12.5. The van der Waals surface area contributed by atoms with Crippen molar-refractivity contribution >= 4 is 34.7 Å². The van der Waals surface area contributed by atoms with E-state index in [1.54, 1.807) is 30.2 Å². The third-order valence-electron chi connectivity index (χ3n) is 3.74. The lowest BCUT2D eigenvalue weighted by Crippen LogP contribution is -2.16. The topological polar surface area (TPSA) is 56.8 Å². The minimum atomic E-state index is 0.0293. The van der Waals surface area contributed by atoms with Crippen molar-refractivity contribution in [1.82, 2.24) is 0 Å². The Morgan fingerprint density at radius 2 is 2.17 bits per heavy atom. The van der Waals surface area contributed by atoms with Crippen LogP contribution in [0, 0.1) is 0 Å². The van der Waals surface area contributed by atoms with Crippen molar-refractivity contribution in [3.8, 4) is 17.2 Å². The predicted octanol–water partition coefficient (Wildman–Crippen LogP) is 3.30. The molecule has 1 amide bonds. The quantitative estimate of drug-likeness (QED) is 0.901. The summed E-state index contributed by atoms with van der Waals surface area (Å²) < 4.78 is 16.9. The van der Waals surface area contributed by atoms with Crippen molar-refractivity contribution in [3.05, 3.63) is 34.0 Å². The average Bonchev–Trinajstić information content (AvgIpc) is 2.96. The summed E-state index contributed by atoms with van der Waals surface area (Å²) in [6.45, 7) is 1.05. The summed E-state index contributed by atoms with van der Waals surface area (Å²) in [5, 5.41) is 5.02. The van der Waals surface area contributed by atoms with Gasteiger partial charge < -0.3 is 19.5 Å². The molecular formula is C16H15NO4S2. The number of carbonyl (C=O) groups excluding carboxylic acids is 1. The lowest BCUT2D eigenvalue weighted by atomic mass is 10.1. The summed E-state index contributed by atoms with van der Waals surface area (Å²) in [5.41, 5.74) is 1.94. The lowest BCUT2D eigenvalue weighted by molar-refractivity contribution is -0.113. The molecule has 0 saturated heterocycles. The molecule has 1 N–H and O–H groups in total. The summed E-state index contributed by atoms with van der Waals surface area (Å²) >= 11 is 3.25. The number of fused-ring (bicyclic) bond motifs is 2. The molecule has 0 radical (unpaired) electrons.